The molecular weight excluding hydrogens is 244 g/mol. The van der Waals surface area contributed by atoms with Gasteiger partial charge in [0.1, 0.15) is 12.4 Å². The Hall–Kier alpha value is -2.22. The van der Waals surface area contributed by atoms with Crippen LogP contribution in [0.1, 0.15) is 23.2 Å². The van der Waals surface area contributed by atoms with Gasteiger partial charge in [0.05, 0.1) is 30.5 Å². The quantitative estimate of drug-likeness (QED) is 0.777. The summed E-state index contributed by atoms with van der Waals surface area (Å²) in [6.45, 7) is 0.558. The van der Waals surface area contributed by atoms with E-state index in [0.717, 1.165) is 17.9 Å². The summed E-state index contributed by atoms with van der Waals surface area (Å²) in [6, 6.07) is 7.52. The van der Waals surface area contributed by atoms with Gasteiger partial charge in [-0.3, -0.25) is 0 Å². The van der Waals surface area contributed by atoms with E-state index in [2.05, 4.69) is 11.0 Å². The molecule has 1 aromatic carbocycles. The Labute approximate surface area is 112 Å². The van der Waals surface area contributed by atoms with Gasteiger partial charge in [0.15, 0.2) is 0 Å². The van der Waals surface area contributed by atoms with E-state index in [0.29, 0.717) is 18.6 Å². The first-order valence-electron chi connectivity index (χ1n) is 6.12. The molecule has 5 nitrogen and oxygen atoms in total. The Morgan fingerprint density at radius 3 is 3.11 bits per heavy atom. The summed E-state index contributed by atoms with van der Waals surface area (Å²) < 4.78 is 10.4. The first kappa shape index (κ1) is 13.2. The molecule has 0 amide bonds. The van der Waals surface area contributed by atoms with Gasteiger partial charge in [0, 0.05) is 13.5 Å². The van der Waals surface area contributed by atoms with Gasteiger partial charge in [0.2, 0.25) is 0 Å². The highest BCUT2D eigenvalue weighted by atomic mass is 16.5. The van der Waals surface area contributed by atoms with Crippen LogP contribution in [0.5, 0.6) is 5.75 Å². The summed E-state index contributed by atoms with van der Waals surface area (Å²) in [5, 5.41) is 8.66. The molecule has 1 aliphatic heterocycles. The van der Waals surface area contributed by atoms with Crippen LogP contribution in [0.2, 0.25) is 0 Å². The zero-order valence-corrected chi connectivity index (χ0v) is 11.0. The van der Waals surface area contributed by atoms with E-state index in [-0.39, 0.29) is 12.0 Å². The SMILES string of the molecule is COC(=O)c1ccc2c(c1)N(C)C(CCC#N)CO2. The molecule has 5 heteroatoms. The summed E-state index contributed by atoms with van der Waals surface area (Å²) >= 11 is 0. The van der Waals surface area contributed by atoms with Gasteiger partial charge in [-0.1, -0.05) is 0 Å². The van der Waals surface area contributed by atoms with Crippen LogP contribution >= 0.6 is 0 Å². The Morgan fingerprint density at radius 1 is 1.63 bits per heavy atom. The summed E-state index contributed by atoms with van der Waals surface area (Å²) in [7, 11) is 3.31. The van der Waals surface area contributed by atoms with Gasteiger partial charge >= 0.3 is 5.97 Å². The minimum Gasteiger partial charge on any atom is -0.489 e. The molecule has 0 aliphatic carbocycles. The van der Waals surface area contributed by atoms with E-state index < -0.39 is 0 Å². The maximum absolute atomic E-state index is 11.5. The number of carbonyl (C=O) groups is 1. The first-order chi connectivity index (χ1) is 9.17. The lowest BCUT2D eigenvalue weighted by atomic mass is 10.1. The van der Waals surface area contributed by atoms with Crippen LogP contribution in [0, 0.1) is 11.3 Å². The fraction of sp³-hybridized carbons (Fsp3) is 0.429. The van der Waals surface area contributed by atoms with Crippen molar-refractivity contribution in [1.29, 1.82) is 5.26 Å². The standard InChI is InChI=1S/C14H16N2O3/c1-16-11(4-3-7-15)9-19-13-6-5-10(8-12(13)16)14(17)18-2/h5-6,8,11H,3-4,9H2,1-2H3. The number of hydrogen-bond donors (Lipinski definition) is 0. The molecule has 0 radical (unpaired) electrons. The van der Waals surface area contributed by atoms with Crippen LogP contribution in [-0.4, -0.2) is 32.8 Å². The van der Waals surface area contributed by atoms with E-state index in [1.165, 1.54) is 7.11 Å². The highest BCUT2D eigenvalue weighted by Crippen LogP contribution is 2.34. The van der Waals surface area contributed by atoms with Crippen LogP contribution in [0.3, 0.4) is 0 Å². The van der Waals surface area contributed by atoms with E-state index in [9.17, 15) is 4.79 Å². The van der Waals surface area contributed by atoms with Crippen LogP contribution < -0.4 is 9.64 Å². The maximum Gasteiger partial charge on any atom is 0.337 e. The molecule has 1 aromatic rings. The van der Waals surface area contributed by atoms with E-state index in [4.69, 9.17) is 14.7 Å². The van der Waals surface area contributed by atoms with Crippen molar-refractivity contribution in [3.63, 3.8) is 0 Å². The highest BCUT2D eigenvalue weighted by molar-refractivity contribution is 5.91. The Balaban J connectivity index is 2.25. The number of esters is 1. The molecule has 100 valence electrons. The monoisotopic (exact) mass is 260 g/mol. The predicted molar refractivity (Wildman–Crippen MR) is 70.3 cm³/mol. The molecule has 19 heavy (non-hydrogen) atoms. The van der Waals surface area contributed by atoms with Gasteiger partial charge in [-0.25, -0.2) is 4.79 Å². The second-order valence-corrected chi connectivity index (χ2v) is 4.45. The molecule has 0 aromatic heterocycles. The van der Waals surface area contributed by atoms with Crippen molar-refractivity contribution >= 4 is 11.7 Å². The van der Waals surface area contributed by atoms with Gasteiger partial charge in [-0.2, -0.15) is 5.26 Å². The number of rotatable bonds is 3. The maximum atomic E-state index is 11.5. The fourth-order valence-electron chi connectivity index (χ4n) is 2.16. The number of fused-ring (bicyclic) bond motifs is 1. The number of nitriles is 1. The largest absolute Gasteiger partial charge is 0.489 e. The van der Waals surface area contributed by atoms with Crippen molar-refractivity contribution in [3.8, 4) is 11.8 Å². The molecule has 1 heterocycles. The van der Waals surface area contributed by atoms with E-state index in [1.54, 1.807) is 18.2 Å². The lowest BCUT2D eigenvalue weighted by Crippen LogP contribution is -2.40. The highest BCUT2D eigenvalue weighted by Gasteiger charge is 2.25. The van der Waals surface area contributed by atoms with Gasteiger partial charge in [-0.05, 0) is 24.6 Å². The summed E-state index contributed by atoms with van der Waals surface area (Å²) in [4.78, 5) is 13.6. The second-order valence-electron chi connectivity index (χ2n) is 4.45. The molecule has 1 aliphatic rings. The van der Waals surface area contributed by atoms with Gasteiger partial charge in [0.25, 0.3) is 0 Å². The van der Waals surface area contributed by atoms with Crippen LogP contribution in [-0.2, 0) is 4.74 Å². The summed E-state index contributed by atoms with van der Waals surface area (Å²) in [6.07, 6.45) is 1.24. The Bertz CT molecular complexity index is 522. The number of ether oxygens (including phenoxy) is 2. The second kappa shape index (κ2) is 5.61. The average Bonchev–Trinajstić information content (AvgIpc) is 2.45. The summed E-state index contributed by atoms with van der Waals surface area (Å²) in [5.74, 6) is 0.388. The molecule has 0 bridgehead atoms. The van der Waals surface area contributed by atoms with E-state index in [1.807, 2.05) is 7.05 Å². The van der Waals surface area contributed by atoms with Crippen molar-refractivity contribution in [1.82, 2.24) is 0 Å². The normalized spacial score (nSPS) is 17.1. The third-order valence-electron chi connectivity index (χ3n) is 3.33. The predicted octanol–water partition coefficient (Wildman–Crippen LogP) is 1.97. The number of carbonyl (C=O) groups excluding carboxylic acids is 1. The smallest absolute Gasteiger partial charge is 0.337 e. The molecule has 0 saturated carbocycles. The van der Waals surface area contributed by atoms with Gasteiger partial charge < -0.3 is 14.4 Å². The van der Waals surface area contributed by atoms with Crippen LogP contribution in [0.25, 0.3) is 0 Å². The zero-order valence-electron chi connectivity index (χ0n) is 11.0. The Kier molecular flexibility index (Phi) is 3.91. The van der Waals surface area contributed by atoms with Gasteiger partial charge in [-0.15, -0.1) is 0 Å². The van der Waals surface area contributed by atoms with Crippen LogP contribution in [0.4, 0.5) is 5.69 Å². The average molecular weight is 260 g/mol. The minimum atomic E-state index is -0.365. The number of nitrogens with zero attached hydrogens (tertiary/aromatic N) is 2. The van der Waals surface area contributed by atoms with Crippen molar-refractivity contribution < 1.29 is 14.3 Å². The third-order valence-corrected chi connectivity index (χ3v) is 3.33. The third kappa shape index (κ3) is 2.63. The zero-order chi connectivity index (χ0) is 13.8. The van der Waals surface area contributed by atoms with Crippen molar-refractivity contribution in [3.05, 3.63) is 23.8 Å². The molecule has 1 atom stereocenters. The number of likely N-dealkylation sites (N-methyl/N-ethyl adjacent to an activating group) is 1. The number of benzene rings is 1. The number of methoxy groups -OCH3 is 1. The topological polar surface area (TPSA) is 62.6 Å². The minimum absolute atomic E-state index is 0.153. The van der Waals surface area contributed by atoms with Crippen molar-refractivity contribution in [2.45, 2.75) is 18.9 Å². The number of hydrogen-bond acceptors (Lipinski definition) is 5. The van der Waals surface area contributed by atoms with E-state index >= 15 is 0 Å². The number of anilines is 1. The molecular formula is C14H16N2O3. The molecule has 2 rings (SSSR count). The molecule has 0 N–H and O–H groups in total. The lowest BCUT2D eigenvalue weighted by molar-refractivity contribution is 0.0600. The molecule has 0 saturated heterocycles. The first-order valence-corrected chi connectivity index (χ1v) is 6.12. The Morgan fingerprint density at radius 2 is 2.42 bits per heavy atom. The van der Waals surface area contributed by atoms with Crippen LogP contribution in [0.15, 0.2) is 18.2 Å². The fourth-order valence-corrected chi connectivity index (χ4v) is 2.16. The van der Waals surface area contributed by atoms with Crippen molar-refractivity contribution in [2.24, 2.45) is 0 Å². The van der Waals surface area contributed by atoms with Crippen molar-refractivity contribution in [2.75, 3.05) is 25.7 Å². The lowest BCUT2D eigenvalue weighted by Gasteiger charge is -2.35. The molecule has 1 unspecified atom stereocenters. The molecule has 0 fully saturated rings. The summed E-state index contributed by atoms with van der Waals surface area (Å²) in [5.41, 5.74) is 1.36. The molecule has 0 spiro atoms.